The van der Waals surface area contributed by atoms with E-state index >= 15 is 0 Å². The molecule has 1 heterocycles. The summed E-state index contributed by atoms with van der Waals surface area (Å²) in [7, 11) is 0. The molecule has 0 unspecified atom stereocenters. The molecule has 0 aromatic carbocycles. The van der Waals surface area contributed by atoms with Crippen LogP contribution in [-0.2, 0) is 14.3 Å². The molecule has 6 heteroatoms. The number of amides is 3. The third kappa shape index (κ3) is 3.72. The fourth-order valence-electron chi connectivity index (χ4n) is 1.62. The Labute approximate surface area is 107 Å². The van der Waals surface area contributed by atoms with Gasteiger partial charge in [0.15, 0.2) is 0 Å². The van der Waals surface area contributed by atoms with Crippen LogP contribution >= 0.6 is 0 Å². The summed E-state index contributed by atoms with van der Waals surface area (Å²) in [6.07, 6.45) is 0.0875. The number of nitrogens with zero attached hydrogens (tertiary/aromatic N) is 2. The van der Waals surface area contributed by atoms with E-state index in [0.717, 1.165) is 4.90 Å². The molecule has 1 aliphatic heterocycles. The third-order valence-corrected chi connectivity index (χ3v) is 2.35. The van der Waals surface area contributed by atoms with E-state index in [4.69, 9.17) is 4.74 Å². The quantitative estimate of drug-likeness (QED) is 0.691. The minimum Gasteiger partial charge on any atom is -0.444 e. The van der Waals surface area contributed by atoms with E-state index in [-0.39, 0.29) is 24.9 Å². The van der Waals surface area contributed by atoms with Crippen molar-refractivity contribution >= 4 is 17.9 Å². The molecular formula is C12H20N2O4. The van der Waals surface area contributed by atoms with Crippen molar-refractivity contribution in [2.45, 2.75) is 39.7 Å². The van der Waals surface area contributed by atoms with Gasteiger partial charge in [0.2, 0.25) is 11.8 Å². The van der Waals surface area contributed by atoms with Crippen LogP contribution in [0.1, 0.15) is 34.1 Å². The molecule has 1 aliphatic rings. The molecule has 0 radical (unpaired) electrons. The summed E-state index contributed by atoms with van der Waals surface area (Å²) in [5.41, 5.74) is -0.635. The lowest BCUT2D eigenvalue weighted by Gasteiger charge is -2.33. The Morgan fingerprint density at radius 1 is 1.22 bits per heavy atom. The van der Waals surface area contributed by atoms with E-state index in [0.29, 0.717) is 13.0 Å². The Balaban J connectivity index is 2.66. The molecule has 18 heavy (non-hydrogen) atoms. The molecule has 0 N–H and O–H groups in total. The van der Waals surface area contributed by atoms with Crippen LogP contribution in [0.5, 0.6) is 0 Å². The summed E-state index contributed by atoms with van der Waals surface area (Å²) < 4.78 is 5.13. The summed E-state index contributed by atoms with van der Waals surface area (Å²) in [6, 6.07) is 0. The van der Waals surface area contributed by atoms with Crippen LogP contribution in [0.3, 0.4) is 0 Å². The van der Waals surface area contributed by atoms with Gasteiger partial charge in [-0.25, -0.2) is 4.79 Å². The molecule has 0 spiro atoms. The van der Waals surface area contributed by atoms with Gasteiger partial charge in [0.1, 0.15) is 18.7 Å². The van der Waals surface area contributed by atoms with Gasteiger partial charge < -0.3 is 4.74 Å². The number of rotatable bonds is 2. The fraction of sp³-hybridized carbons (Fsp3) is 0.750. The first-order valence-corrected chi connectivity index (χ1v) is 6.05. The van der Waals surface area contributed by atoms with Crippen molar-refractivity contribution in [3.63, 3.8) is 0 Å². The molecular weight excluding hydrogens is 236 g/mol. The zero-order valence-corrected chi connectivity index (χ0v) is 11.4. The van der Waals surface area contributed by atoms with Crippen LogP contribution in [0, 0.1) is 0 Å². The highest BCUT2D eigenvalue weighted by Gasteiger charge is 2.34. The lowest BCUT2D eigenvalue weighted by Crippen LogP contribution is -2.56. The molecule has 0 aliphatic carbocycles. The van der Waals surface area contributed by atoms with E-state index in [2.05, 4.69) is 0 Å². The number of carbonyl (C=O) groups excluding carboxylic acids is 3. The molecule has 6 nitrogen and oxygen atoms in total. The van der Waals surface area contributed by atoms with Crippen LogP contribution in [0.4, 0.5) is 4.79 Å². The number of imide groups is 1. The maximum atomic E-state index is 11.8. The average molecular weight is 256 g/mol. The third-order valence-electron chi connectivity index (χ3n) is 2.35. The van der Waals surface area contributed by atoms with Crippen LogP contribution < -0.4 is 0 Å². The maximum Gasteiger partial charge on any atom is 0.411 e. The number of hydrogen-bond acceptors (Lipinski definition) is 4. The van der Waals surface area contributed by atoms with Gasteiger partial charge in [-0.3, -0.25) is 19.4 Å². The van der Waals surface area contributed by atoms with Crippen molar-refractivity contribution in [1.82, 2.24) is 9.80 Å². The summed E-state index contributed by atoms with van der Waals surface area (Å²) in [6.45, 7) is 7.31. The van der Waals surface area contributed by atoms with E-state index in [9.17, 15) is 14.4 Å². The normalized spacial score (nSPS) is 17.1. The van der Waals surface area contributed by atoms with Crippen molar-refractivity contribution in [3.8, 4) is 0 Å². The first-order chi connectivity index (χ1) is 8.24. The zero-order chi connectivity index (χ0) is 13.9. The Hall–Kier alpha value is -1.59. The molecule has 1 fully saturated rings. The fourth-order valence-corrected chi connectivity index (χ4v) is 1.62. The molecule has 0 atom stereocenters. The van der Waals surface area contributed by atoms with Gasteiger partial charge >= 0.3 is 6.09 Å². The smallest absolute Gasteiger partial charge is 0.411 e. The molecule has 0 aromatic rings. The van der Waals surface area contributed by atoms with Crippen LogP contribution in [0.15, 0.2) is 0 Å². The van der Waals surface area contributed by atoms with Gasteiger partial charge in [0.05, 0.1) is 0 Å². The second-order valence-corrected chi connectivity index (χ2v) is 5.28. The molecule has 1 saturated heterocycles. The first kappa shape index (κ1) is 14.5. The SMILES string of the molecule is CCCN1C(=O)CN(C(=O)OC(C)(C)C)CC1=O. The second-order valence-electron chi connectivity index (χ2n) is 5.28. The largest absolute Gasteiger partial charge is 0.444 e. The molecule has 0 bridgehead atoms. The Morgan fingerprint density at radius 3 is 2.11 bits per heavy atom. The van der Waals surface area contributed by atoms with Crippen molar-refractivity contribution in [2.75, 3.05) is 19.6 Å². The van der Waals surface area contributed by atoms with Gasteiger partial charge in [-0.15, -0.1) is 0 Å². The minimum absolute atomic E-state index is 0.0966. The lowest BCUT2D eigenvalue weighted by molar-refractivity contribution is -0.151. The monoisotopic (exact) mass is 256 g/mol. The number of hydrogen-bond donors (Lipinski definition) is 0. The molecule has 0 saturated carbocycles. The van der Waals surface area contributed by atoms with Gasteiger partial charge in [-0.05, 0) is 27.2 Å². The van der Waals surface area contributed by atoms with Crippen LogP contribution in [0.2, 0.25) is 0 Å². The zero-order valence-electron chi connectivity index (χ0n) is 11.4. The highest BCUT2D eigenvalue weighted by atomic mass is 16.6. The summed E-state index contributed by atoms with van der Waals surface area (Å²) in [4.78, 5) is 37.5. The summed E-state index contributed by atoms with van der Waals surface area (Å²) in [5.74, 6) is -0.696. The van der Waals surface area contributed by atoms with E-state index in [1.54, 1.807) is 20.8 Å². The highest BCUT2D eigenvalue weighted by Crippen LogP contribution is 2.13. The Morgan fingerprint density at radius 2 is 1.72 bits per heavy atom. The van der Waals surface area contributed by atoms with Crippen molar-refractivity contribution < 1.29 is 19.1 Å². The second kappa shape index (κ2) is 5.37. The highest BCUT2D eigenvalue weighted by molar-refractivity contribution is 6.01. The maximum absolute atomic E-state index is 11.8. The summed E-state index contributed by atoms with van der Waals surface area (Å²) in [5, 5.41) is 0. The van der Waals surface area contributed by atoms with Crippen molar-refractivity contribution in [1.29, 1.82) is 0 Å². The van der Waals surface area contributed by atoms with Crippen molar-refractivity contribution in [3.05, 3.63) is 0 Å². The average Bonchev–Trinajstić information content (AvgIpc) is 2.20. The molecule has 102 valence electrons. The lowest BCUT2D eigenvalue weighted by atomic mass is 10.2. The minimum atomic E-state index is -0.635. The number of carbonyl (C=O) groups is 3. The molecule has 0 aromatic heterocycles. The number of ether oxygens (including phenoxy) is 1. The van der Waals surface area contributed by atoms with E-state index in [1.807, 2.05) is 6.92 Å². The van der Waals surface area contributed by atoms with E-state index < -0.39 is 11.7 Å². The summed E-state index contributed by atoms with van der Waals surface area (Å²) >= 11 is 0. The standard InChI is InChI=1S/C12H20N2O4/c1-5-6-14-9(15)7-13(8-10(14)16)11(17)18-12(2,3)4/h5-8H2,1-4H3. The van der Waals surface area contributed by atoms with Crippen molar-refractivity contribution in [2.24, 2.45) is 0 Å². The van der Waals surface area contributed by atoms with Gasteiger partial charge in [0.25, 0.3) is 0 Å². The predicted octanol–water partition coefficient (Wildman–Crippen LogP) is 1.00. The number of piperazine rings is 1. The Kier molecular flexibility index (Phi) is 4.32. The van der Waals surface area contributed by atoms with Gasteiger partial charge in [-0.2, -0.15) is 0 Å². The molecule has 1 rings (SSSR count). The van der Waals surface area contributed by atoms with Crippen LogP contribution in [0.25, 0.3) is 0 Å². The predicted molar refractivity (Wildman–Crippen MR) is 64.8 cm³/mol. The Bertz CT molecular complexity index is 342. The van der Waals surface area contributed by atoms with E-state index in [1.165, 1.54) is 4.90 Å². The molecule has 3 amide bonds. The van der Waals surface area contributed by atoms with Gasteiger partial charge in [0, 0.05) is 6.54 Å². The topological polar surface area (TPSA) is 66.9 Å². The van der Waals surface area contributed by atoms with Gasteiger partial charge in [-0.1, -0.05) is 6.92 Å². The van der Waals surface area contributed by atoms with Crippen LogP contribution in [-0.4, -0.2) is 52.9 Å². The first-order valence-electron chi connectivity index (χ1n) is 6.05.